The number of aromatic nitrogens is 1. The summed E-state index contributed by atoms with van der Waals surface area (Å²) in [6, 6.07) is 1.48. The summed E-state index contributed by atoms with van der Waals surface area (Å²) in [5.41, 5.74) is 1.17. The quantitative estimate of drug-likeness (QED) is 0.662. The van der Waals surface area contributed by atoms with Gasteiger partial charge in [0.15, 0.2) is 0 Å². The van der Waals surface area contributed by atoms with E-state index in [9.17, 15) is 18.5 Å². The molecule has 22 heavy (non-hydrogen) atoms. The van der Waals surface area contributed by atoms with Gasteiger partial charge in [-0.05, 0) is 32.8 Å². The summed E-state index contributed by atoms with van der Waals surface area (Å²) in [4.78, 5) is 15.0. The van der Waals surface area contributed by atoms with E-state index >= 15 is 0 Å². The smallest absolute Gasteiger partial charge is 0.314 e. The Hall–Kier alpha value is -1.74. The van der Waals surface area contributed by atoms with E-state index < -0.39 is 14.9 Å². The van der Waals surface area contributed by atoms with Crippen LogP contribution in [-0.4, -0.2) is 48.0 Å². The van der Waals surface area contributed by atoms with Crippen LogP contribution in [0.2, 0.25) is 0 Å². The highest BCUT2D eigenvalue weighted by Gasteiger charge is 2.28. The maximum Gasteiger partial charge on any atom is 0.314 e. The minimum Gasteiger partial charge on any atom is -0.360 e. The summed E-state index contributed by atoms with van der Waals surface area (Å²) in [6.07, 6.45) is 2.63. The molecule has 0 saturated carbocycles. The second-order valence-electron chi connectivity index (χ2n) is 5.64. The van der Waals surface area contributed by atoms with Crippen molar-refractivity contribution in [3.63, 3.8) is 0 Å². The van der Waals surface area contributed by atoms with Crippen molar-refractivity contribution in [3.05, 3.63) is 27.4 Å². The van der Waals surface area contributed by atoms with E-state index in [4.69, 9.17) is 0 Å². The molecule has 1 atom stereocenters. The molecular weight excluding hydrogens is 308 g/mol. The van der Waals surface area contributed by atoms with E-state index in [1.54, 1.807) is 19.9 Å². The molecular formula is C13H20N4O4S. The highest BCUT2D eigenvalue weighted by Crippen LogP contribution is 2.28. The van der Waals surface area contributed by atoms with Gasteiger partial charge in [-0.15, -0.1) is 0 Å². The first kappa shape index (κ1) is 16.6. The lowest BCUT2D eigenvalue weighted by Gasteiger charge is -2.31. The molecule has 1 saturated heterocycles. The van der Waals surface area contributed by atoms with Gasteiger partial charge < -0.3 is 5.32 Å². The fraction of sp³-hybridized carbons (Fsp3) is 0.615. The van der Waals surface area contributed by atoms with Crippen molar-refractivity contribution in [1.82, 2.24) is 9.29 Å². The summed E-state index contributed by atoms with van der Waals surface area (Å²) < 4.78 is 24.7. The first-order valence-electron chi connectivity index (χ1n) is 7.03. The van der Waals surface area contributed by atoms with Crippen LogP contribution >= 0.6 is 0 Å². The Balaban J connectivity index is 2.25. The minimum atomic E-state index is -3.25. The van der Waals surface area contributed by atoms with Crippen molar-refractivity contribution in [2.45, 2.75) is 32.7 Å². The summed E-state index contributed by atoms with van der Waals surface area (Å²) in [7, 11) is -3.25. The van der Waals surface area contributed by atoms with Gasteiger partial charge in [0.25, 0.3) is 0 Å². The summed E-state index contributed by atoms with van der Waals surface area (Å²) in [5, 5.41) is 14.3. The molecule has 0 amide bonds. The predicted molar refractivity (Wildman–Crippen MR) is 83.4 cm³/mol. The van der Waals surface area contributed by atoms with E-state index in [1.807, 2.05) is 0 Å². The Bertz CT molecular complexity index is 690. The van der Waals surface area contributed by atoms with Crippen molar-refractivity contribution in [3.8, 4) is 0 Å². The Morgan fingerprint density at radius 2 is 2.14 bits per heavy atom. The zero-order valence-corrected chi connectivity index (χ0v) is 13.7. The maximum atomic E-state index is 11.6. The van der Waals surface area contributed by atoms with Crippen LogP contribution in [0.4, 0.5) is 11.5 Å². The van der Waals surface area contributed by atoms with E-state index in [-0.39, 0.29) is 17.5 Å². The molecule has 0 aromatic carbocycles. The van der Waals surface area contributed by atoms with Crippen molar-refractivity contribution < 1.29 is 13.3 Å². The number of nitrogens with one attached hydrogen (secondary N) is 1. The lowest BCUT2D eigenvalue weighted by Crippen LogP contribution is -2.44. The molecule has 9 heteroatoms. The number of nitrogens with zero attached hydrogens (tertiary/aromatic N) is 3. The first-order valence-corrected chi connectivity index (χ1v) is 8.87. The van der Waals surface area contributed by atoms with Gasteiger partial charge in [-0.3, -0.25) is 10.1 Å². The summed E-state index contributed by atoms with van der Waals surface area (Å²) >= 11 is 0. The molecule has 0 bridgehead atoms. The van der Waals surface area contributed by atoms with Crippen molar-refractivity contribution in [1.29, 1.82) is 0 Å². The average Bonchev–Trinajstić information content (AvgIpc) is 2.36. The number of piperidine rings is 1. The normalized spacial score (nSPS) is 19.9. The van der Waals surface area contributed by atoms with E-state index in [0.717, 1.165) is 6.42 Å². The van der Waals surface area contributed by atoms with Crippen molar-refractivity contribution in [2.24, 2.45) is 0 Å². The molecule has 1 unspecified atom stereocenters. The number of pyridine rings is 1. The van der Waals surface area contributed by atoms with Crippen LogP contribution in [0, 0.1) is 24.0 Å². The zero-order chi connectivity index (χ0) is 16.5. The highest BCUT2D eigenvalue weighted by molar-refractivity contribution is 7.88. The Kier molecular flexibility index (Phi) is 4.66. The second-order valence-corrected chi connectivity index (χ2v) is 7.62. The molecule has 1 fully saturated rings. The summed E-state index contributed by atoms with van der Waals surface area (Å²) in [5.74, 6) is 0.211. The molecule has 1 aliphatic heterocycles. The fourth-order valence-corrected chi connectivity index (χ4v) is 3.63. The van der Waals surface area contributed by atoms with Gasteiger partial charge in [-0.1, -0.05) is 0 Å². The van der Waals surface area contributed by atoms with Crippen LogP contribution < -0.4 is 5.32 Å². The molecule has 0 radical (unpaired) electrons. The predicted octanol–water partition coefficient (Wildman–Crippen LogP) is 1.44. The topological polar surface area (TPSA) is 105 Å². The highest BCUT2D eigenvalue weighted by atomic mass is 32.2. The third-order valence-corrected chi connectivity index (χ3v) is 4.96. The second kappa shape index (κ2) is 6.17. The average molecular weight is 328 g/mol. The van der Waals surface area contributed by atoms with Crippen LogP contribution in [-0.2, 0) is 10.0 Å². The van der Waals surface area contributed by atoms with Crippen LogP contribution in [0.15, 0.2) is 6.07 Å². The Labute approximate surface area is 129 Å². The number of aryl methyl sites for hydroxylation is 2. The Morgan fingerprint density at radius 3 is 2.73 bits per heavy atom. The van der Waals surface area contributed by atoms with Gasteiger partial charge >= 0.3 is 5.69 Å². The Morgan fingerprint density at radius 1 is 1.45 bits per heavy atom. The number of rotatable bonds is 4. The van der Waals surface area contributed by atoms with Gasteiger partial charge in [0, 0.05) is 30.4 Å². The molecule has 0 spiro atoms. The molecule has 1 aliphatic rings. The third-order valence-electron chi connectivity index (χ3n) is 3.69. The third kappa shape index (κ3) is 3.72. The van der Waals surface area contributed by atoms with Crippen LogP contribution in [0.1, 0.15) is 24.1 Å². The van der Waals surface area contributed by atoms with Gasteiger partial charge in [-0.25, -0.2) is 17.7 Å². The van der Waals surface area contributed by atoms with Crippen molar-refractivity contribution >= 4 is 21.5 Å². The molecule has 8 nitrogen and oxygen atoms in total. The first-order chi connectivity index (χ1) is 10.2. The molecule has 0 aliphatic carbocycles. The lowest BCUT2D eigenvalue weighted by molar-refractivity contribution is -0.384. The standard InChI is InChI=1S/C13H20N4O4S/c1-9-7-10(2)14-13(12(9)17(18)19)15-11-5-4-6-16(8-11)22(3,20)21/h7,11H,4-6,8H2,1-3H3,(H,14,15). The SMILES string of the molecule is Cc1cc(C)c([N+](=O)[O-])c(NC2CCCN(S(C)(=O)=O)C2)n1. The van der Waals surface area contributed by atoms with Gasteiger partial charge in [0.05, 0.1) is 11.2 Å². The largest absolute Gasteiger partial charge is 0.360 e. The molecule has 1 aromatic heterocycles. The number of nitro groups is 1. The monoisotopic (exact) mass is 328 g/mol. The number of hydrogen-bond acceptors (Lipinski definition) is 6. The van der Waals surface area contributed by atoms with Gasteiger partial charge in [0.2, 0.25) is 15.8 Å². The fourth-order valence-electron chi connectivity index (χ4n) is 2.72. The van der Waals surface area contributed by atoms with Gasteiger partial charge in [0.1, 0.15) is 0 Å². The molecule has 122 valence electrons. The maximum absolute atomic E-state index is 11.6. The number of hydrogen-bond donors (Lipinski definition) is 1. The van der Waals surface area contributed by atoms with Crippen LogP contribution in [0.25, 0.3) is 0 Å². The van der Waals surface area contributed by atoms with E-state index in [0.29, 0.717) is 30.8 Å². The van der Waals surface area contributed by atoms with E-state index in [1.165, 1.54) is 10.6 Å². The summed E-state index contributed by atoms with van der Waals surface area (Å²) in [6.45, 7) is 4.22. The number of anilines is 1. The molecule has 2 heterocycles. The zero-order valence-electron chi connectivity index (χ0n) is 12.9. The van der Waals surface area contributed by atoms with Crippen LogP contribution in [0.5, 0.6) is 0 Å². The molecule has 1 N–H and O–H groups in total. The van der Waals surface area contributed by atoms with Crippen molar-refractivity contribution in [2.75, 3.05) is 24.7 Å². The number of sulfonamides is 1. The molecule has 1 aromatic rings. The van der Waals surface area contributed by atoms with E-state index in [2.05, 4.69) is 10.3 Å². The van der Waals surface area contributed by atoms with Gasteiger partial charge in [-0.2, -0.15) is 0 Å². The lowest BCUT2D eigenvalue weighted by atomic mass is 10.1. The van der Waals surface area contributed by atoms with Crippen LogP contribution in [0.3, 0.4) is 0 Å². The minimum absolute atomic E-state index is 0.0536. The molecule has 2 rings (SSSR count).